The zero-order valence-corrected chi connectivity index (χ0v) is 18.5. The van der Waals surface area contributed by atoms with E-state index < -0.39 is 0 Å². The summed E-state index contributed by atoms with van der Waals surface area (Å²) < 4.78 is 15.3. The molecule has 9 nitrogen and oxygen atoms in total. The van der Waals surface area contributed by atoms with Gasteiger partial charge in [0.25, 0.3) is 0 Å². The Morgan fingerprint density at radius 2 is 1.91 bits per heavy atom. The van der Waals surface area contributed by atoms with E-state index >= 15 is 0 Å². The van der Waals surface area contributed by atoms with Crippen LogP contribution in [-0.4, -0.2) is 49.8 Å². The van der Waals surface area contributed by atoms with Crippen molar-refractivity contribution in [2.75, 3.05) is 19.5 Å². The van der Waals surface area contributed by atoms with Crippen molar-refractivity contribution in [3.63, 3.8) is 0 Å². The summed E-state index contributed by atoms with van der Waals surface area (Å²) in [6.45, 7) is 0. The number of anilines is 1. The minimum atomic E-state index is 0.139. The molecule has 0 spiro atoms. The van der Waals surface area contributed by atoms with Crippen molar-refractivity contribution in [1.29, 1.82) is 0 Å². The molecule has 0 saturated heterocycles. The largest absolute Gasteiger partial charge is 0.481 e. The number of rotatable bonds is 6. The van der Waals surface area contributed by atoms with Gasteiger partial charge in [-0.25, -0.2) is 4.98 Å². The first-order valence-electron chi connectivity index (χ1n) is 10.9. The Hall–Kier alpha value is -3.62. The van der Waals surface area contributed by atoms with Crippen molar-refractivity contribution in [2.45, 2.75) is 37.8 Å². The highest BCUT2D eigenvalue weighted by molar-refractivity contribution is 5.93. The third kappa shape index (κ3) is 3.86. The van der Waals surface area contributed by atoms with Gasteiger partial charge >= 0.3 is 0 Å². The summed E-state index contributed by atoms with van der Waals surface area (Å²) in [4.78, 5) is 8.90. The predicted molar refractivity (Wildman–Crippen MR) is 122 cm³/mol. The molecule has 4 heterocycles. The Morgan fingerprint density at radius 3 is 2.62 bits per heavy atom. The minimum Gasteiger partial charge on any atom is -0.481 e. The molecule has 1 aliphatic rings. The molecule has 9 heteroatoms. The Balaban J connectivity index is 1.39. The number of ether oxygens (including phenoxy) is 2. The van der Waals surface area contributed by atoms with Crippen LogP contribution in [0.4, 0.5) is 5.82 Å². The van der Waals surface area contributed by atoms with Gasteiger partial charge in [0.05, 0.1) is 24.9 Å². The average Bonchev–Trinajstić information content (AvgIpc) is 3.42. The molecule has 4 aromatic heterocycles. The van der Waals surface area contributed by atoms with E-state index in [9.17, 15) is 0 Å². The third-order valence-corrected chi connectivity index (χ3v) is 6.01. The quantitative estimate of drug-likeness (QED) is 0.494. The lowest BCUT2D eigenvalue weighted by Crippen LogP contribution is -2.26. The number of nitrogens with zero attached hydrogens (tertiary/aromatic N) is 6. The molecular formula is C23H27N7O2. The van der Waals surface area contributed by atoms with E-state index in [2.05, 4.69) is 31.1 Å². The maximum Gasteiger partial charge on any atom is 0.216 e. The number of aromatic nitrogens is 6. The molecule has 1 fully saturated rings. The molecule has 1 N–H and O–H groups in total. The van der Waals surface area contributed by atoms with Crippen LogP contribution in [0.3, 0.4) is 0 Å². The number of methoxy groups -OCH3 is 1. The van der Waals surface area contributed by atoms with Crippen LogP contribution in [0.1, 0.15) is 31.7 Å². The number of pyridine rings is 2. The van der Waals surface area contributed by atoms with Gasteiger partial charge in [0.1, 0.15) is 17.6 Å². The first-order chi connectivity index (χ1) is 15.6. The van der Waals surface area contributed by atoms with Crippen LogP contribution in [0.5, 0.6) is 11.8 Å². The minimum absolute atomic E-state index is 0.139. The molecule has 1 saturated carbocycles. The Morgan fingerprint density at radius 1 is 1.09 bits per heavy atom. The van der Waals surface area contributed by atoms with Crippen LogP contribution in [0, 0.1) is 0 Å². The Labute approximate surface area is 186 Å². The van der Waals surface area contributed by atoms with Crippen LogP contribution in [0.25, 0.3) is 22.2 Å². The predicted octanol–water partition coefficient (Wildman–Crippen LogP) is 3.84. The summed E-state index contributed by atoms with van der Waals surface area (Å²) in [7, 11) is 5.41. The van der Waals surface area contributed by atoms with E-state index in [0.717, 1.165) is 53.7 Å². The highest BCUT2D eigenvalue weighted by Crippen LogP contribution is 2.36. The summed E-state index contributed by atoms with van der Waals surface area (Å²) in [6.07, 6.45) is 9.72. The number of nitrogens with one attached hydrogen (secondary N) is 1. The van der Waals surface area contributed by atoms with Crippen LogP contribution in [0.2, 0.25) is 0 Å². The molecule has 0 bridgehead atoms. The van der Waals surface area contributed by atoms with Gasteiger partial charge in [-0.3, -0.25) is 9.36 Å². The normalized spacial score (nSPS) is 18.6. The van der Waals surface area contributed by atoms with Crippen molar-refractivity contribution in [1.82, 2.24) is 29.5 Å². The molecule has 32 heavy (non-hydrogen) atoms. The number of hydrogen-bond acceptors (Lipinski definition) is 7. The van der Waals surface area contributed by atoms with E-state index in [1.165, 1.54) is 0 Å². The van der Waals surface area contributed by atoms with Crippen LogP contribution in [-0.2, 0) is 7.05 Å². The number of aryl methyl sites for hydroxylation is 1. The fourth-order valence-corrected chi connectivity index (χ4v) is 4.36. The molecule has 0 aromatic carbocycles. The van der Waals surface area contributed by atoms with Gasteiger partial charge < -0.3 is 14.8 Å². The second-order valence-electron chi connectivity index (χ2n) is 8.10. The monoisotopic (exact) mass is 433 g/mol. The van der Waals surface area contributed by atoms with Gasteiger partial charge in [0.2, 0.25) is 11.8 Å². The van der Waals surface area contributed by atoms with Crippen molar-refractivity contribution < 1.29 is 9.47 Å². The molecule has 0 radical (unpaired) electrons. The summed E-state index contributed by atoms with van der Waals surface area (Å²) in [5.74, 6) is 2.01. The average molecular weight is 434 g/mol. The van der Waals surface area contributed by atoms with Gasteiger partial charge in [-0.1, -0.05) is 6.07 Å². The Bertz CT molecular complexity index is 1220. The lowest BCUT2D eigenvalue weighted by molar-refractivity contribution is 0.125. The van der Waals surface area contributed by atoms with E-state index in [1.807, 2.05) is 50.9 Å². The maximum atomic E-state index is 6.13. The Kier molecular flexibility index (Phi) is 5.38. The standard InChI is InChI=1S/C23H27N7O2/c1-24-20-11-19-18(13-25-20)23(15-12-26-29(2)14-15)28-30(19)16-7-9-17(10-8-16)32-22-6-4-5-21(27-22)31-3/h4-6,11-14,16-17H,7-10H2,1-3H3,(H,24,25)/t16-,17+. The molecular weight excluding hydrogens is 406 g/mol. The van der Waals surface area contributed by atoms with Crippen molar-refractivity contribution in [2.24, 2.45) is 7.05 Å². The number of fused-ring (bicyclic) bond motifs is 1. The van der Waals surface area contributed by atoms with Gasteiger partial charge in [0.15, 0.2) is 0 Å². The molecule has 0 aliphatic heterocycles. The van der Waals surface area contributed by atoms with Gasteiger partial charge in [-0.05, 0) is 25.7 Å². The van der Waals surface area contributed by atoms with E-state index in [4.69, 9.17) is 14.6 Å². The highest BCUT2D eigenvalue weighted by atomic mass is 16.5. The molecule has 0 atom stereocenters. The lowest BCUT2D eigenvalue weighted by Gasteiger charge is -2.29. The van der Waals surface area contributed by atoms with E-state index in [0.29, 0.717) is 17.8 Å². The highest BCUT2D eigenvalue weighted by Gasteiger charge is 2.27. The van der Waals surface area contributed by atoms with Gasteiger partial charge in [-0.15, -0.1) is 0 Å². The van der Waals surface area contributed by atoms with Crippen LogP contribution >= 0.6 is 0 Å². The SMILES string of the molecule is CNc1cc2c(cn1)c(-c1cnn(C)c1)nn2[C@H]1CC[C@@H](Oc2cccc(OC)n2)CC1. The van der Waals surface area contributed by atoms with Crippen molar-refractivity contribution >= 4 is 16.7 Å². The zero-order valence-electron chi connectivity index (χ0n) is 18.5. The third-order valence-electron chi connectivity index (χ3n) is 6.01. The van der Waals surface area contributed by atoms with Crippen LogP contribution < -0.4 is 14.8 Å². The van der Waals surface area contributed by atoms with E-state index in [1.54, 1.807) is 11.8 Å². The fraction of sp³-hybridized carbons (Fsp3) is 0.391. The van der Waals surface area contributed by atoms with Crippen molar-refractivity contribution in [3.8, 4) is 23.0 Å². The summed E-state index contributed by atoms with van der Waals surface area (Å²) >= 11 is 0. The smallest absolute Gasteiger partial charge is 0.216 e. The van der Waals surface area contributed by atoms with Crippen molar-refractivity contribution in [3.05, 3.63) is 42.9 Å². The molecule has 0 unspecified atom stereocenters. The number of hydrogen-bond donors (Lipinski definition) is 1. The van der Waals surface area contributed by atoms with E-state index in [-0.39, 0.29) is 6.10 Å². The van der Waals surface area contributed by atoms with Crippen LogP contribution in [0.15, 0.2) is 42.9 Å². The molecule has 4 aromatic rings. The summed E-state index contributed by atoms with van der Waals surface area (Å²) in [5, 5.41) is 13.5. The molecule has 0 amide bonds. The molecule has 166 valence electrons. The maximum absolute atomic E-state index is 6.13. The van der Waals surface area contributed by atoms with Gasteiger partial charge in [-0.2, -0.15) is 15.2 Å². The molecule has 1 aliphatic carbocycles. The van der Waals surface area contributed by atoms with Gasteiger partial charge in [0, 0.05) is 55.6 Å². The summed E-state index contributed by atoms with van der Waals surface area (Å²) in [5.41, 5.74) is 3.00. The lowest BCUT2D eigenvalue weighted by atomic mass is 9.93. The topological polar surface area (TPSA) is 91.9 Å². The summed E-state index contributed by atoms with van der Waals surface area (Å²) in [6, 6.07) is 7.97. The second kappa shape index (κ2) is 8.49. The zero-order chi connectivity index (χ0) is 22.1. The first-order valence-corrected chi connectivity index (χ1v) is 10.9. The fourth-order valence-electron chi connectivity index (χ4n) is 4.36. The first kappa shape index (κ1) is 20.3. The second-order valence-corrected chi connectivity index (χ2v) is 8.10. The molecule has 5 rings (SSSR count).